The van der Waals surface area contributed by atoms with E-state index in [1.54, 1.807) is 0 Å². The Balaban J connectivity index is 2.05. The summed E-state index contributed by atoms with van der Waals surface area (Å²) in [7, 11) is 0. The fourth-order valence-corrected chi connectivity index (χ4v) is 3.73. The SMILES string of the molecule is OC(c1cc2c(cc1Br)OCCO2)c1cc(Br)ccc1I. The van der Waals surface area contributed by atoms with Crippen molar-refractivity contribution in [2.45, 2.75) is 6.10 Å². The molecule has 1 aliphatic rings. The van der Waals surface area contributed by atoms with E-state index in [4.69, 9.17) is 9.47 Å². The van der Waals surface area contributed by atoms with E-state index >= 15 is 0 Å². The number of aliphatic hydroxyl groups excluding tert-OH is 1. The number of hydrogen-bond donors (Lipinski definition) is 1. The van der Waals surface area contributed by atoms with Crippen LogP contribution in [0.4, 0.5) is 0 Å². The lowest BCUT2D eigenvalue weighted by Gasteiger charge is -2.22. The minimum Gasteiger partial charge on any atom is -0.486 e. The summed E-state index contributed by atoms with van der Waals surface area (Å²) in [5.74, 6) is 1.37. The van der Waals surface area contributed by atoms with Gasteiger partial charge in [0, 0.05) is 18.1 Å². The van der Waals surface area contributed by atoms with Gasteiger partial charge in [-0.25, -0.2) is 0 Å². The first kappa shape index (κ1) is 15.6. The van der Waals surface area contributed by atoms with Gasteiger partial charge in [-0.1, -0.05) is 31.9 Å². The van der Waals surface area contributed by atoms with Crippen LogP contribution in [0.3, 0.4) is 0 Å². The molecule has 2 aromatic carbocycles. The van der Waals surface area contributed by atoms with E-state index in [1.807, 2.05) is 30.3 Å². The van der Waals surface area contributed by atoms with Crippen molar-refractivity contribution in [3.8, 4) is 11.5 Å². The second-order valence-corrected chi connectivity index (χ2v) is 7.52. The molecule has 110 valence electrons. The van der Waals surface area contributed by atoms with Gasteiger partial charge in [0.05, 0.1) is 0 Å². The van der Waals surface area contributed by atoms with E-state index in [1.165, 1.54) is 0 Å². The zero-order valence-electron chi connectivity index (χ0n) is 10.8. The fraction of sp³-hybridized carbons (Fsp3) is 0.200. The molecule has 0 spiro atoms. The Bertz CT molecular complexity index is 691. The van der Waals surface area contributed by atoms with Gasteiger partial charge < -0.3 is 14.6 Å². The highest BCUT2D eigenvalue weighted by molar-refractivity contribution is 14.1. The lowest BCUT2D eigenvalue weighted by molar-refractivity contribution is 0.169. The molecule has 1 unspecified atom stereocenters. The molecule has 0 amide bonds. The van der Waals surface area contributed by atoms with Gasteiger partial charge in [0.2, 0.25) is 0 Å². The van der Waals surface area contributed by atoms with Crippen LogP contribution in [0.2, 0.25) is 0 Å². The highest BCUT2D eigenvalue weighted by atomic mass is 127. The predicted molar refractivity (Wildman–Crippen MR) is 96.1 cm³/mol. The average Bonchev–Trinajstić information content (AvgIpc) is 2.48. The predicted octanol–water partition coefficient (Wildman–Crippen LogP) is 4.67. The number of hydrogen-bond acceptors (Lipinski definition) is 3. The summed E-state index contributed by atoms with van der Waals surface area (Å²) in [6.45, 7) is 1.07. The zero-order chi connectivity index (χ0) is 15.0. The van der Waals surface area contributed by atoms with Crippen LogP contribution < -0.4 is 9.47 Å². The van der Waals surface area contributed by atoms with Gasteiger partial charge >= 0.3 is 0 Å². The number of ether oxygens (including phenoxy) is 2. The third kappa shape index (κ3) is 3.23. The van der Waals surface area contributed by atoms with Gasteiger partial charge in [-0.05, 0) is 58.5 Å². The first-order valence-electron chi connectivity index (χ1n) is 6.28. The maximum atomic E-state index is 10.7. The number of rotatable bonds is 2. The third-order valence-corrected chi connectivity index (χ3v) is 5.37. The summed E-state index contributed by atoms with van der Waals surface area (Å²) in [6, 6.07) is 9.53. The molecule has 1 atom stereocenters. The van der Waals surface area contributed by atoms with Crippen LogP contribution in [0.15, 0.2) is 39.3 Å². The number of benzene rings is 2. The van der Waals surface area contributed by atoms with Crippen LogP contribution in [-0.4, -0.2) is 18.3 Å². The van der Waals surface area contributed by atoms with Crippen molar-refractivity contribution in [3.05, 3.63) is 54.0 Å². The van der Waals surface area contributed by atoms with Crippen molar-refractivity contribution in [1.29, 1.82) is 0 Å². The summed E-state index contributed by atoms with van der Waals surface area (Å²) >= 11 is 9.17. The van der Waals surface area contributed by atoms with Crippen LogP contribution in [0.25, 0.3) is 0 Å². The van der Waals surface area contributed by atoms with Crippen molar-refractivity contribution < 1.29 is 14.6 Å². The molecule has 2 aromatic rings. The number of fused-ring (bicyclic) bond motifs is 1. The largest absolute Gasteiger partial charge is 0.486 e. The third-order valence-electron chi connectivity index (χ3n) is 3.21. The van der Waals surface area contributed by atoms with Gasteiger partial charge in [0.15, 0.2) is 11.5 Å². The van der Waals surface area contributed by atoms with Crippen LogP contribution in [0.1, 0.15) is 17.2 Å². The molecule has 0 aromatic heterocycles. The van der Waals surface area contributed by atoms with Crippen molar-refractivity contribution in [1.82, 2.24) is 0 Å². The lowest BCUT2D eigenvalue weighted by Crippen LogP contribution is -2.16. The molecule has 3 rings (SSSR count). The van der Waals surface area contributed by atoms with Crippen molar-refractivity contribution in [2.75, 3.05) is 13.2 Å². The maximum absolute atomic E-state index is 10.7. The van der Waals surface area contributed by atoms with Crippen molar-refractivity contribution in [3.63, 3.8) is 0 Å². The summed E-state index contributed by atoms with van der Waals surface area (Å²) < 4.78 is 13.9. The van der Waals surface area contributed by atoms with E-state index in [2.05, 4.69) is 54.5 Å². The fourth-order valence-electron chi connectivity index (χ4n) is 2.18. The summed E-state index contributed by atoms with van der Waals surface area (Å²) in [5, 5.41) is 10.7. The average molecular weight is 526 g/mol. The van der Waals surface area contributed by atoms with Crippen molar-refractivity contribution in [2.24, 2.45) is 0 Å². The lowest BCUT2D eigenvalue weighted by atomic mass is 10.0. The maximum Gasteiger partial charge on any atom is 0.162 e. The van der Waals surface area contributed by atoms with Crippen LogP contribution >= 0.6 is 54.5 Å². The highest BCUT2D eigenvalue weighted by Crippen LogP contribution is 2.40. The molecule has 0 aliphatic carbocycles. The Morgan fingerprint density at radius 1 is 1.00 bits per heavy atom. The number of aliphatic hydroxyl groups is 1. The molecule has 6 heteroatoms. The minimum atomic E-state index is -0.736. The Morgan fingerprint density at radius 3 is 2.38 bits per heavy atom. The second kappa shape index (κ2) is 6.44. The highest BCUT2D eigenvalue weighted by Gasteiger charge is 2.21. The smallest absolute Gasteiger partial charge is 0.162 e. The first-order valence-corrected chi connectivity index (χ1v) is 8.95. The van der Waals surface area contributed by atoms with Crippen molar-refractivity contribution >= 4 is 54.5 Å². The summed E-state index contributed by atoms with van der Waals surface area (Å²) in [6.07, 6.45) is -0.736. The Hall–Kier alpha value is -0.310. The standard InChI is InChI=1S/C15H11Br2IO3/c16-8-1-2-12(18)10(5-8)15(19)9-6-13-14(7-11(9)17)21-4-3-20-13/h1-2,5-7,15,19H,3-4H2. The Labute approximate surface area is 153 Å². The van der Waals surface area contributed by atoms with E-state index in [9.17, 15) is 5.11 Å². The summed E-state index contributed by atoms with van der Waals surface area (Å²) in [5.41, 5.74) is 1.61. The molecule has 0 saturated heterocycles. The monoisotopic (exact) mass is 524 g/mol. The molecule has 1 N–H and O–H groups in total. The Kier molecular flexibility index (Phi) is 4.78. The van der Waals surface area contributed by atoms with Crippen LogP contribution in [0.5, 0.6) is 11.5 Å². The van der Waals surface area contributed by atoms with E-state index in [-0.39, 0.29) is 0 Å². The molecular weight excluding hydrogens is 515 g/mol. The quantitative estimate of drug-likeness (QED) is 0.579. The van der Waals surface area contributed by atoms with Crippen LogP contribution in [-0.2, 0) is 0 Å². The molecular formula is C15H11Br2IO3. The van der Waals surface area contributed by atoms with Gasteiger partial charge in [-0.2, -0.15) is 0 Å². The number of halogens is 3. The van der Waals surface area contributed by atoms with Crippen LogP contribution in [0, 0.1) is 3.57 Å². The van der Waals surface area contributed by atoms with Gasteiger partial charge in [-0.15, -0.1) is 0 Å². The minimum absolute atomic E-state index is 0.526. The molecule has 1 heterocycles. The van der Waals surface area contributed by atoms with Gasteiger partial charge in [0.25, 0.3) is 0 Å². The topological polar surface area (TPSA) is 38.7 Å². The first-order chi connectivity index (χ1) is 10.1. The molecule has 3 nitrogen and oxygen atoms in total. The molecule has 21 heavy (non-hydrogen) atoms. The summed E-state index contributed by atoms with van der Waals surface area (Å²) in [4.78, 5) is 0. The van der Waals surface area contributed by atoms with E-state index < -0.39 is 6.10 Å². The molecule has 0 bridgehead atoms. The van der Waals surface area contributed by atoms with Gasteiger partial charge in [-0.3, -0.25) is 0 Å². The second-order valence-electron chi connectivity index (χ2n) is 4.59. The molecule has 1 aliphatic heterocycles. The zero-order valence-corrected chi connectivity index (χ0v) is 16.1. The molecule has 0 fully saturated rings. The molecule has 0 saturated carbocycles. The van der Waals surface area contributed by atoms with E-state index in [0.717, 1.165) is 23.6 Å². The normalized spacial score (nSPS) is 14.9. The Morgan fingerprint density at radius 2 is 1.67 bits per heavy atom. The van der Waals surface area contributed by atoms with E-state index in [0.29, 0.717) is 24.7 Å². The molecule has 0 radical (unpaired) electrons. The van der Waals surface area contributed by atoms with Gasteiger partial charge in [0.1, 0.15) is 19.3 Å².